The van der Waals surface area contributed by atoms with E-state index in [0.29, 0.717) is 6.42 Å². The minimum Gasteiger partial charge on any atom is -0.364 e. The van der Waals surface area contributed by atoms with E-state index in [0.717, 1.165) is 4.90 Å². The van der Waals surface area contributed by atoms with E-state index < -0.39 is 40.8 Å². The van der Waals surface area contributed by atoms with Gasteiger partial charge in [-0.1, -0.05) is 0 Å². The van der Waals surface area contributed by atoms with Crippen molar-refractivity contribution in [1.82, 2.24) is 0 Å². The third-order valence-corrected chi connectivity index (χ3v) is 2.70. The number of nitrogens with zero attached hydrogens (tertiary/aromatic N) is 1. The summed E-state index contributed by atoms with van der Waals surface area (Å²) in [6, 6.07) is -0.431. The maximum atomic E-state index is 13.6. The summed E-state index contributed by atoms with van der Waals surface area (Å²) >= 11 is 0. The van der Waals surface area contributed by atoms with E-state index in [1.54, 1.807) is 13.8 Å². The first-order valence-corrected chi connectivity index (χ1v) is 5.81. The van der Waals surface area contributed by atoms with Crippen LogP contribution < -0.4 is 10.6 Å². The average molecular weight is 282 g/mol. The highest BCUT2D eigenvalue weighted by atomic mass is 19.2. The molecule has 1 aromatic rings. The highest BCUT2D eigenvalue weighted by Crippen LogP contribution is 2.31. The van der Waals surface area contributed by atoms with E-state index in [1.165, 1.54) is 0 Å². The first-order chi connectivity index (χ1) is 8.82. The summed E-state index contributed by atoms with van der Waals surface area (Å²) in [5.41, 5.74) is 4.39. The van der Waals surface area contributed by atoms with Crippen molar-refractivity contribution in [2.45, 2.75) is 26.3 Å². The Bertz CT molecular complexity index is 433. The quantitative estimate of drug-likeness (QED) is 0.511. The molecule has 0 spiro atoms. The van der Waals surface area contributed by atoms with E-state index in [-0.39, 0.29) is 13.1 Å². The lowest BCUT2D eigenvalue weighted by Crippen LogP contribution is -2.35. The third-order valence-electron chi connectivity index (χ3n) is 2.70. The van der Waals surface area contributed by atoms with Gasteiger partial charge in [-0.05, 0) is 26.8 Å². The number of hydrogen-bond acceptors (Lipinski definition) is 2. The SMILES string of the molecule is CC(C)N(CCCN)c1c(F)c(F)c(F)c(F)c1F. The molecule has 0 aliphatic carbocycles. The molecule has 0 saturated heterocycles. The highest BCUT2D eigenvalue weighted by molar-refractivity contribution is 5.51. The van der Waals surface area contributed by atoms with Gasteiger partial charge < -0.3 is 10.6 Å². The first kappa shape index (κ1) is 15.7. The van der Waals surface area contributed by atoms with Crippen molar-refractivity contribution in [2.24, 2.45) is 5.73 Å². The number of nitrogens with two attached hydrogens (primary N) is 1. The van der Waals surface area contributed by atoms with Crippen LogP contribution >= 0.6 is 0 Å². The van der Waals surface area contributed by atoms with Gasteiger partial charge in [-0.3, -0.25) is 0 Å². The molecule has 0 bridgehead atoms. The summed E-state index contributed by atoms with van der Waals surface area (Å²) in [6.45, 7) is 3.54. The minimum atomic E-state index is -2.15. The van der Waals surface area contributed by atoms with Gasteiger partial charge >= 0.3 is 0 Å². The topological polar surface area (TPSA) is 29.3 Å². The van der Waals surface area contributed by atoms with Crippen LogP contribution in [0.2, 0.25) is 0 Å². The van der Waals surface area contributed by atoms with Crippen LogP contribution in [0.25, 0.3) is 0 Å². The second kappa shape index (κ2) is 6.18. The van der Waals surface area contributed by atoms with Gasteiger partial charge in [0.25, 0.3) is 0 Å². The molecule has 0 aromatic heterocycles. The van der Waals surface area contributed by atoms with Gasteiger partial charge in [0.05, 0.1) is 0 Å². The molecule has 2 nitrogen and oxygen atoms in total. The standard InChI is InChI=1S/C12H15F5N2/c1-6(2)19(5-3-4-18)12-10(16)8(14)7(13)9(15)11(12)17/h6H,3-5,18H2,1-2H3. The summed E-state index contributed by atoms with van der Waals surface area (Å²) in [7, 11) is 0. The zero-order valence-electron chi connectivity index (χ0n) is 10.6. The zero-order chi connectivity index (χ0) is 14.7. The number of benzene rings is 1. The monoisotopic (exact) mass is 282 g/mol. The van der Waals surface area contributed by atoms with Gasteiger partial charge in [0.1, 0.15) is 5.69 Å². The van der Waals surface area contributed by atoms with Crippen LogP contribution in [-0.4, -0.2) is 19.1 Å². The maximum absolute atomic E-state index is 13.6. The van der Waals surface area contributed by atoms with Crippen LogP contribution in [-0.2, 0) is 0 Å². The highest BCUT2D eigenvalue weighted by Gasteiger charge is 2.29. The third kappa shape index (κ3) is 2.97. The number of rotatable bonds is 5. The molecular weight excluding hydrogens is 267 g/mol. The van der Waals surface area contributed by atoms with E-state index in [9.17, 15) is 22.0 Å². The molecule has 7 heteroatoms. The van der Waals surface area contributed by atoms with Crippen LogP contribution in [0.15, 0.2) is 0 Å². The molecule has 0 fully saturated rings. The Labute approximate surface area is 108 Å². The molecule has 19 heavy (non-hydrogen) atoms. The molecule has 1 rings (SSSR count). The lowest BCUT2D eigenvalue weighted by atomic mass is 10.2. The van der Waals surface area contributed by atoms with Gasteiger partial charge in [-0.2, -0.15) is 0 Å². The van der Waals surface area contributed by atoms with Crippen molar-refractivity contribution in [3.05, 3.63) is 29.1 Å². The van der Waals surface area contributed by atoms with Gasteiger partial charge in [0.2, 0.25) is 5.82 Å². The summed E-state index contributed by atoms with van der Waals surface area (Å²) in [5.74, 6) is -9.66. The summed E-state index contributed by atoms with van der Waals surface area (Å²) in [4.78, 5) is 1.11. The summed E-state index contributed by atoms with van der Waals surface area (Å²) in [6.07, 6.45) is 0.373. The lowest BCUT2D eigenvalue weighted by Gasteiger charge is -2.29. The lowest BCUT2D eigenvalue weighted by molar-refractivity contribution is 0.376. The fraction of sp³-hybridized carbons (Fsp3) is 0.500. The fourth-order valence-corrected chi connectivity index (χ4v) is 1.74. The van der Waals surface area contributed by atoms with Crippen LogP contribution in [0.4, 0.5) is 27.6 Å². The van der Waals surface area contributed by atoms with Crippen LogP contribution in [0.5, 0.6) is 0 Å². The molecule has 108 valence electrons. The molecule has 0 saturated carbocycles. The smallest absolute Gasteiger partial charge is 0.200 e. The van der Waals surface area contributed by atoms with Crippen LogP contribution in [0.1, 0.15) is 20.3 Å². The number of anilines is 1. The molecule has 0 atom stereocenters. The Morgan fingerprint density at radius 3 is 1.68 bits per heavy atom. The predicted octanol–water partition coefficient (Wildman–Crippen LogP) is 2.95. The minimum absolute atomic E-state index is 0.104. The van der Waals surface area contributed by atoms with Crippen molar-refractivity contribution in [2.75, 3.05) is 18.0 Å². The molecule has 0 aliphatic rings. The van der Waals surface area contributed by atoms with Gasteiger partial charge in [-0.15, -0.1) is 0 Å². The van der Waals surface area contributed by atoms with Crippen LogP contribution in [0, 0.1) is 29.1 Å². The van der Waals surface area contributed by atoms with Crippen molar-refractivity contribution in [1.29, 1.82) is 0 Å². The van der Waals surface area contributed by atoms with E-state index in [4.69, 9.17) is 5.73 Å². The molecule has 0 radical (unpaired) electrons. The molecule has 0 amide bonds. The van der Waals surface area contributed by atoms with Gasteiger partial charge in [-0.25, -0.2) is 22.0 Å². The molecule has 0 aliphatic heterocycles. The van der Waals surface area contributed by atoms with Gasteiger partial charge in [0, 0.05) is 12.6 Å². The van der Waals surface area contributed by atoms with E-state index in [2.05, 4.69) is 0 Å². The molecular formula is C12H15F5N2. The average Bonchev–Trinajstić information content (AvgIpc) is 2.37. The summed E-state index contributed by atoms with van der Waals surface area (Å²) in [5, 5.41) is 0. The largest absolute Gasteiger partial charge is 0.364 e. The van der Waals surface area contributed by atoms with Crippen molar-refractivity contribution in [3.8, 4) is 0 Å². The first-order valence-electron chi connectivity index (χ1n) is 5.81. The Morgan fingerprint density at radius 1 is 0.895 bits per heavy atom. The van der Waals surface area contributed by atoms with Gasteiger partial charge in [0.15, 0.2) is 23.3 Å². The zero-order valence-corrected chi connectivity index (χ0v) is 10.6. The Hall–Kier alpha value is -1.37. The predicted molar refractivity (Wildman–Crippen MR) is 62.4 cm³/mol. The summed E-state index contributed by atoms with van der Waals surface area (Å²) < 4.78 is 66.5. The number of hydrogen-bond donors (Lipinski definition) is 1. The molecule has 0 unspecified atom stereocenters. The Kier molecular flexibility index (Phi) is 5.11. The Balaban J connectivity index is 3.38. The molecule has 0 heterocycles. The van der Waals surface area contributed by atoms with Crippen molar-refractivity contribution in [3.63, 3.8) is 0 Å². The molecule has 2 N–H and O–H groups in total. The Morgan fingerprint density at radius 2 is 1.32 bits per heavy atom. The van der Waals surface area contributed by atoms with E-state index >= 15 is 0 Å². The number of halogens is 5. The van der Waals surface area contributed by atoms with E-state index in [1.807, 2.05) is 0 Å². The second-order valence-electron chi connectivity index (χ2n) is 4.35. The normalized spacial score (nSPS) is 11.2. The van der Waals surface area contributed by atoms with Crippen LogP contribution in [0.3, 0.4) is 0 Å². The van der Waals surface area contributed by atoms with Crippen molar-refractivity contribution < 1.29 is 22.0 Å². The molecule has 1 aromatic carbocycles. The van der Waals surface area contributed by atoms with Crippen molar-refractivity contribution >= 4 is 5.69 Å². The maximum Gasteiger partial charge on any atom is 0.200 e. The fourth-order valence-electron chi connectivity index (χ4n) is 1.74. The second-order valence-corrected chi connectivity index (χ2v) is 4.35.